The van der Waals surface area contributed by atoms with Gasteiger partial charge in [0.1, 0.15) is 5.82 Å². The first-order valence-electron chi connectivity index (χ1n) is 7.35. The minimum Gasteiger partial charge on any atom is -0.478 e. The molecule has 2 aliphatic rings. The largest absolute Gasteiger partial charge is 0.478 e. The minimum atomic E-state index is -1.31. The second-order valence-electron chi connectivity index (χ2n) is 6.19. The van der Waals surface area contributed by atoms with Crippen LogP contribution in [0.25, 0.3) is 0 Å². The Morgan fingerprint density at radius 1 is 1.29 bits per heavy atom. The van der Waals surface area contributed by atoms with Crippen molar-refractivity contribution in [2.45, 2.75) is 32.1 Å². The maximum Gasteiger partial charge on any atom is 0.338 e. The van der Waals surface area contributed by atoms with Crippen LogP contribution in [-0.4, -0.2) is 17.0 Å². The van der Waals surface area contributed by atoms with Crippen molar-refractivity contribution in [2.24, 2.45) is 17.8 Å². The van der Waals surface area contributed by atoms with E-state index in [1.165, 1.54) is 31.4 Å². The summed E-state index contributed by atoms with van der Waals surface area (Å²) in [5.41, 5.74) is -0.0771. The number of hydrogen-bond donors (Lipinski definition) is 2. The third-order valence-corrected chi connectivity index (χ3v) is 4.82. The molecular formula is C16H18FNO3. The lowest BCUT2D eigenvalue weighted by molar-refractivity contribution is -0.117. The fourth-order valence-corrected chi connectivity index (χ4v) is 3.84. The van der Waals surface area contributed by atoms with Gasteiger partial charge in [0.2, 0.25) is 5.91 Å². The van der Waals surface area contributed by atoms with Gasteiger partial charge in [0, 0.05) is 12.1 Å². The third-order valence-electron chi connectivity index (χ3n) is 4.82. The number of rotatable bonds is 4. The molecule has 1 aromatic carbocycles. The fraction of sp³-hybridized carbons (Fsp3) is 0.500. The minimum absolute atomic E-state index is 0.116. The molecule has 2 N–H and O–H groups in total. The van der Waals surface area contributed by atoms with Gasteiger partial charge in [0.15, 0.2) is 0 Å². The summed E-state index contributed by atoms with van der Waals surface area (Å²) in [5, 5.41) is 11.4. The molecule has 0 saturated heterocycles. The van der Waals surface area contributed by atoms with E-state index >= 15 is 0 Å². The van der Waals surface area contributed by atoms with Gasteiger partial charge in [-0.05, 0) is 55.2 Å². The van der Waals surface area contributed by atoms with Gasteiger partial charge >= 0.3 is 5.97 Å². The van der Waals surface area contributed by atoms with E-state index in [2.05, 4.69) is 5.32 Å². The lowest BCUT2D eigenvalue weighted by Crippen LogP contribution is -2.20. The van der Waals surface area contributed by atoms with Crippen molar-refractivity contribution in [3.63, 3.8) is 0 Å². The van der Waals surface area contributed by atoms with Gasteiger partial charge in [0.25, 0.3) is 0 Å². The van der Waals surface area contributed by atoms with E-state index in [9.17, 15) is 14.0 Å². The maximum absolute atomic E-state index is 13.5. The molecule has 0 spiro atoms. The van der Waals surface area contributed by atoms with Gasteiger partial charge in [-0.3, -0.25) is 4.79 Å². The van der Waals surface area contributed by atoms with Crippen LogP contribution in [0.15, 0.2) is 18.2 Å². The van der Waals surface area contributed by atoms with E-state index in [4.69, 9.17) is 5.11 Å². The Bertz CT molecular complexity index is 587. The average molecular weight is 291 g/mol. The van der Waals surface area contributed by atoms with E-state index in [1.54, 1.807) is 0 Å². The Kier molecular flexibility index (Phi) is 3.66. The number of aromatic carboxylic acids is 1. The summed E-state index contributed by atoms with van der Waals surface area (Å²) >= 11 is 0. The summed E-state index contributed by atoms with van der Waals surface area (Å²) < 4.78 is 13.5. The van der Waals surface area contributed by atoms with Crippen molar-refractivity contribution in [2.75, 3.05) is 5.32 Å². The van der Waals surface area contributed by atoms with Gasteiger partial charge in [-0.15, -0.1) is 0 Å². The van der Waals surface area contributed by atoms with Crippen molar-refractivity contribution in [3.05, 3.63) is 29.6 Å². The van der Waals surface area contributed by atoms with Crippen molar-refractivity contribution in [3.8, 4) is 0 Å². The SMILES string of the molecule is O=C(CC1CC2CCC1C2)Nc1ccc(C(=O)O)c(F)c1. The summed E-state index contributed by atoms with van der Waals surface area (Å²) in [6.07, 6.45) is 5.38. The molecule has 3 unspecified atom stereocenters. The normalized spacial score (nSPS) is 26.8. The van der Waals surface area contributed by atoms with Crippen LogP contribution in [0.5, 0.6) is 0 Å². The first-order chi connectivity index (χ1) is 10.0. The molecule has 3 rings (SSSR count). The van der Waals surface area contributed by atoms with Crippen LogP contribution in [0.3, 0.4) is 0 Å². The molecule has 0 radical (unpaired) electrons. The fourth-order valence-electron chi connectivity index (χ4n) is 3.84. The van der Waals surface area contributed by atoms with Crippen molar-refractivity contribution >= 4 is 17.6 Å². The van der Waals surface area contributed by atoms with E-state index in [0.29, 0.717) is 23.9 Å². The number of carbonyl (C=O) groups is 2. The first-order valence-corrected chi connectivity index (χ1v) is 7.35. The number of nitrogens with one attached hydrogen (secondary N) is 1. The van der Waals surface area contributed by atoms with E-state index in [1.807, 2.05) is 0 Å². The van der Waals surface area contributed by atoms with Crippen LogP contribution in [0.4, 0.5) is 10.1 Å². The number of carbonyl (C=O) groups excluding carboxylic acids is 1. The summed E-state index contributed by atoms with van der Waals surface area (Å²) in [6, 6.07) is 3.65. The van der Waals surface area contributed by atoms with Crippen LogP contribution in [0.2, 0.25) is 0 Å². The summed E-state index contributed by atoms with van der Waals surface area (Å²) in [4.78, 5) is 22.8. The third kappa shape index (κ3) is 2.91. The van der Waals surface area contributed by atoms with Crippen LogP contribution < -0.4 is 5.32 Å². The number of fused-ring (bicyclic) bond motifs is 2. The van der Waals surface area contributed by atoms with Crippen LogP contribution in [-0.2, 0) is 4.79 Å². The number of carboxylic acid groups (broad SMARTS) is 1. The molecule has 21 heavy (non-hydrogen) atoms. The Hall–Kier alpha value is -1.91. The highest BCUT2D eigenvalue weighted by atomic mass is 19.1. The highest BCUT2D eigenvalue weighted by Gasteiger charge is 2.40. The molecule has 2 aliphatic carbocycles. The molecule has 5 heteroatoms. The topological polar surface area (TPSA) is 66.4 Å². The molecule has 1 amide bonds. The van der Waals surface area contributed by atoms with Gasteiger partial charge in [-0.2, -0.15) is 0 Å². The Balaban J connectivity index is 1.60. The lowest BCUT2D eigenvalue weighted by atomic mass is 9.86. The van der Waals surface area contributed by atoms with Gasteiger partial charge in [0.05, 0.1) is 5.56 Å². The number of halogens is 1. The predicted octanol–water partition coefficient (Wildman–Crippen LogP) is 3.29. The molecule has 2 saturated carbocycles. The summed E-state index contributed by atoms with van der Waals surface area (Å²) in [7, 11) is 0. The van der Waals surface area contributed by atoms with Crippen molar-refractivity contribution in [1.29, 1.82) is 0 Å². The van der Waals surface area contributed by atoms with Crippen LogP contribution >= 0.6 is 0 Å². The monoisotopic (exact) mass is 291 g/mol. The predicted molar refractivity (Wildman–Crippen MR) is 75.5 cm³/mol. The molecule has 4 nitrogen and oxygen atoms in total. The number of hydrogen-bond acceptors (Lipinski definition) is 2. The molecule has 0 aromatic heterocycles. The second-order valence-corrected chi connectivity index (χ2v) is 6.19. The number of carboxylic acids is 1. The van der Waals surface area contributed by atoms with Gasteiger partial charge in [-0.1, -0.05) is 6.42 Å². The Labute approximate surface area is 122 Å². The molecule has 0 heterocycles. The molecule has 0 aliphatic heterocycles. The quantitative estimate of drug-likeness (QED) is 0.894. The zero-order valence-corrected chi connectivity index (χ0v) is 11.6. The molecule has 2 fully saturated rings. The van der Waals surface area contributed by atoms with Crippen LogP contribution in [0, 0.1) is 23.6 Å². The van der Waals surface area contributed by atoms with Crippen molar-refractivity contribution < 1.29 is 19.1 Å². The van der Waals surface area contributed by atoms with E-state index in [-0.39, 0.29) is 11.5 Å². The zero-order valence-electron chi connectivity index (χ0n) is 11.6. The second kappa shape index (κ2) is 5.47. The summed E-state index contributed by atoms with van der Waals surface area (Å²) in [5.74, 6) is -0.346. The van der Waals surface area contributed by atoms with Crippen molar-refractivity contribution in [1.82, 2.24) is 0 Å². The average Bonchev–Trinajstić information content (AvgIpc) is 3.00. The molecular weight excluding hydrogens is 273 g/mol. The Morgan fingerprint density at radius 2 is 2.10 bits per heavy atom. The first kappa shape index (κ1) is 14.0. The van der Waals surface area contributed by atoms with E-state index in [0.717, 1.165) is 18.4 Å². The molecule has 2 bridgehead atoms. The lowest BCUT2D eigenvalue weighted by Gasteiger charge is -2.20. The molecule has 3 atom stereocenters. The number of benzene rings is 1. The highest BCUT2D eigenvalue weighted by Crippen LogP contribution is 2.49. The highest BCUT2D eigenvalue weighted by molar-refractivity contribution is 5.92. The molecule has 1 aromatic rings. The summed E-state index contributed by atoms with van der Waals surface area (Å²) in [6.45, 7) is 0. The maximum atomic E-state index is 13.5. The smallest absolute Gasteiger partial charge is 0.338 e. The van der Waals surface area contributed by atoms with Crippen LogP contribution in [0.1, 0.15) is 42.5 Å². The van der Waals surface area contributed by atoms with Gasteiger partial charge in [-0.25, -0.2) is 9.18 Å². The number of anilines is 1. The van der Waals surface area contributed by atoms with E-state index < -0.39 is 11.8 Å². The van der Waals surface area contributed by atoms with Gasteiger partial charge < -0.3 is 10.4 Å². The standard InChI is InChI=1S/C16H18FNO3/c17-14-8-12(3-4-13(14)16(20)21)18-15(19)7-11-6-9-1-2-10(11)5-9/h3-4,8-11H,1-2,5-7H2,(H,18,19)(H,20,21). The zero-order chi connectivity index (χ0) is 15.0. The molecule has 112 valence electrons. The Morgan fingerprint density at radius 3 is 2.67 bits per heavy atom. The number of amides is 1.